The Bertz CT molecular complexity index is 971. The number of rotatable bonds is 4. The summed E-state index contributed by atoms with van der Waals surface area (Å²) in [6, 6.07) is 12.6. The normalized spacial score (nSPS) is 16.0. The number of hydrogen-bond donors (Lipinski definition) is 1. The minimum atomic E-state index is -0.305. The van der Waals surface area contributed by atoms with Crippen molar-refractivity contribution in [3.63, 3.8) is 0 Å². The number of hydrogen-bond acceptors (Lipinski definition) is 4. The fraction of sp³-hybridized carbons (Fsp3) is 0.273. The van der Waals surface area contributed by atoms with E-state index in [0.717, 1.165) is 42.9 Å². The zero-order valence-corrected chi connectivity index (χ0v) is 16.5. The van der Waals surface area contributed by atoms with Crippen LogP contribution in [0, 0.1) is 17.6 Å². The van der Waals surface area contributed by atoms with E-state index < -0.39 is 0 Å². The molecule has 0 radical (unpaired) electrons. The van der Waals surface area contributed by atoms with E-state index >= 15 is 0 Å². The van der Waals surface area contributed by atoms with Gasteiger partial charge >= 0.3 is 0 Å². The third kappa shape index (κ3) is 4.17. The number of nitrogen functional groups attached to an aromatic ring is 1. The lowest BCUT2D eigenvalue weighted by atomic mass is 9.89. The standard InChI is InChI=1S/C22H21ClF2N4/c23-20(15-3-7-18(25)8-4-15)16-9-11-29(12-10-16)22-19(21(26)27-13-28-22)14-1-5-17(24)6-2-14/h1-8,13,16,20H,9-12H2,(H2,26,27,28). The Morgan fingerprint density at radius 3 is 2.14 bits per heavy atom. The molecule has 4 rings (SSSR count). The van der Waals surface area contributed by atoms with Crippen molar-refractivity contribution in [2.75, 3.05) is 23.7 Å². The lowest BCUT2D eigenvalue weighted by molar-refractivity contribution is 0.392. The summed E-state index contributed by atoms with van der Waals surface area (Å²) in [6.45, 7) is 1.53. The molecule has 1 aromatic heterocycles. The van der Waals surface area contributed by atoms with Crippen molar-refractivity contribution in [3.8, 4) is 11.1 Å². The minimum Gasteiger partial charge on any atom is -0.383 e. The average Bonchev–Trinajstić information content (AvgIpc) is 2.75. The van der Waals surface area contributed by atoms with Crippen molar-refractivity contribution in [2.45, 2.75) is 18.2 Å². The molecule has 7 heteroatoms. The highest BCUT2D eigenvalue weighted by atomic mass is 35.5. The molecule has 1 saturated heterocycles. The number of halogens is 3. The summed E-state index contributed by atoms with van der Waals surface area (Å²) in [7, 11) is 0. The summed E-state index contributed by atoms with van der Waals surface area (Å²) in [5.41, 5.74) is 8.57. The zero-order chi connectivity index (χ0) is 20.4. The number of piperidine rings is 1. The molecule has 2 heterocycles. The van der Waals surface area contributed by atoms with Crippen LogP contribution in [0.3, 0.4) is 0 Å². The first-order valence-corrected chi connectivity index (χ1v) is 9.97. The van der Waals surface area contributed by atoms with Crippen LogP contribution >= 0.6 is 11.6 Å². The molecule has 4 nitrogen and oxygen atoms in total. The third-order valence-electron chi connectivity index (χ3n) is 5.43. The van der Waals surface area contributed by atoms with Gasteiger partial charge in [-0.15, -0.1) is 11.6 Å². The number of nitrogens with zero attached hydrogens (tertiary/aromatic N) is 3. The van der Waals surface area contributed by atoms with Gasteiger partial charge in [0.2, 0.25) is 0 Å². The van der Waals surface area contributed by atoms with Crippen LogP contribution in [0.1, 0.15) is 23.8 Å². The van der Waals surface area contributed by atoms with E-state index in [1.54, 1.807) is 24.3 Å². The highest BCUT2D eigenvalue weighted by Gasteiger charge is 2.28. The first kappa shape index (κ1) is 19.6. The van der Waals surface area contributed by atoms with E-state index in [4.69, 9.17) is 17.3 Å². The fourth-order valence-electron chi connectivity index (χ4n) is 3.85. The summed E-state index contributed by atoms with van der Waals surface area (Å²) in [5.74, 6) is 0.829. The van der Waals surface area contributed by atoms with E-state index in [9.17, 15) is 8.78 Å². The fourth-order valence-corrected chi connectivity index (χ4v) is 4.24. The molecule has 3 aromatic rings. The van der Waals surface area contributed by atoms with Crippen LogP contribution in [0.25, 0.3) is 11.1 Å². The van der Waals surface area contributed by atoms with Gasteiger partial charge in [-0.1, -0.05) is 24.3 Å². The number of alkyl halides is 1. The van der Waals surface area contributed by atoms with Crippen LogP contribution < -0.4 is 10.6 Å². The number of nitrogens with two attached hydrogens (primary N) is 1. The Morgan fingerprint density at radius 2 is 1.52 bits per heavy atom. The first-order chi connectivity index (χ1) is 14.0. The SMILES string of the molecule is Nc1ncnc(N2CCC(C(Cl)c3ccc(F)cc3)CC2)c1-c1ccc(F)cc1. The van der Waals surface area contributed by atoms with Crippen LogP contribution in [-0.2, 0) is 0 Å². The summed E-state index contributed by atoms with van der Waals surface area (Å²) < 4.78 is 26.5. The van der Waals surface area contributed by atoms with Gasteiger partial charge in [0.15, 0.2) is 0 Å². The monoisotopic (exact) mass is 414 g/mol. The van der Waals surface area contributed by atoms with Crippen molar-refractivity contribution in [1.82, 2.24) is 9.97 Å². The predicted octanol–water partition coefficient (Wildman–Crippen LogP) is 5.20. The topological polar surface area (TPSA) is 55.0 Å². The summed E-state index contributed by atoms with van der Waals surface area (Å²) >= 11 is 6.68. The van der Waals surface area contributed by atoms with Crippen molar-refractivity contribution >= 4 is 23.2 Å². The maximum Gasteiger partial charge on any atom is 0.142 e. The second-order valence-electron chi connectivity index (χ2n) is 7.24. The molecule has 29 heavy (non-hydrogen) atoms. The van der Waals surface area contributed by atoms with Crippen LogP contribution in [-0.4, -0.2) is 23.1 Å². The second-order valence-corrected chi connectivity index (χ2v) is 7.71. The Kier molecular flexibility index (Phi) is 5.62. The van der Waals surface area contributed by atoms with Gasteiger partial charge in [-0.05, 0) is 54.2 Å². The van der Waals surface area contributed by atoms with E-state index in [0.29, 0.717) is 11.4 Å². The lowest BCUT2D eigenvalue weighted by Crippen LogP contribution is -2.36. The minimum absolute atomic E-state index is 0.162. The number of anilines is 2. The van der Waals surface area contributed by atoms with Gasteiger partial charge in [-0.25, -0.2) is 18.7 Å². The molecule has 1 aliphatic rings. The predicted molar refractivity (Wildman–Crippen MR) is 112 cm³/mol. The van der Waals surface area contributed by atoms with Crippen molar-refractivity contribution in [1.29, 1.82) is 0 Å². The van der Waals surface area contributed by atoms with E-state index in [1.165, 1.54) is 30.6 Å². The van der Waals surface area contributed by atoms with Gasteiger partial charge in [-0.2, -0.15) is 0 Å². The van der Waals surface area contributed by atoms with Crippen LogP contribution in [0.5, 0.6) is 0 Å². The zero-order valence-electron chi connectivity index (χ0n) is 15.7. The van der Waals surface area contributed by atoms with Gasteiger partial charge in [0.1, 0.15) is 29.6 Å². The molecule has 2 aromatic carbocycles. The molecular formula is C22H21ClF2N4. The summed E-state index contributed by atoms with van der Waals surface area (Å²) in [4.78, 5) is 10.8. The molecule has 1 aliphatic heterocycles. The molecule has 0 saturated carbocycles. The van der Waals surface area contributed by atoms with Gasteiger partial charge in [0.05, 0.1) is 10.9 Å². The molecule has 0 aliphatic carbocycles. The maximum absolute atomic E-state index is 13.3. The quantitative estimate of drug-likeness (QED) is 0.596. The highest BCUT2D eigenvalue weighted by Crippen LogP contribution is 2.39. The molecule has 0 amide bonds. The molecule has 150 valence electrons. The molecule has 0 bridgehead atoms. The Balaban J connectivity index is 1.52. The van der Waals surface area contributed by atoms with Crippen molar-refractivity contribution in [2.24, 2.45) is 5.92 Å². The van der Waals surface area contributed by atoms with Crippen LogP contribution in [0.15, 0.2) is 54.9 Å². The first-order valence-electron chi connectivity index (χ1n) is 9.54. The van der Waals surface area contributed by atoms with Gasteiger partial charge in [0, 0.05) is 13.1 Å². The average molecular weight is 415 g/mol. The van der Waals surface area contributed by atoms with Crippen LogP contribution in [0.2, 0.25) is 0 Å². The Hall–Kier alpha value is -2.73. The van der Waals surface area contributed by atoms with Crippen LogP contribution in [0.4, 0.5) is 20.4 Å². The number of aromatic nitrogens is 2. The molecule has 1 fully saturated rings. The van der Waals surface area contributed by atoms with E-state index in [2.05, 4.69) is 14.9 Å². The van der Waals surface area contributed by atoms with E-state index in [1.807, 2.05) is 0 Å². The summed E-state index contributed by atoms with van der Waals surface area (Å²) in [5, 5.41) is -0.162. The lowest BCUT2D eigenvalue weighted by Gasteiger charge is -2.35. The Morgan fingerprint density at radius 1 is 0.931 bits per heavy atom. The highest BCUT2D eigenvalue weighted by molar-refractivity contribution is 6.21. The van der Waals surface area contributed by atoms with Gasteiger partial charge in [0.25, 0.3) is 0 Å². The Labute approximate surface area is 173 Å². The molecule has 1 unspecified atom stereocenters. The largest absolute Gasteiger partial charge is 0.383 e. The molecular weight excluding hydrogens is 394 g/mol. The van der Waals surface area contributed by atoms with Gasteiger partial charge in [-0.3, -0.25) is 0 Å². The maximum atomic E-state index is 13.3. The number of benzene rings is 2. The van der Waals surface area contributed by atoms with Crippen molar-refractivity contribution in [3.05, 3.63) is 72.1 Å². The second kappa shape index (κ2) is 8.33. The smallest absolute Gasteiger partial charge is 0.142 e. The third-order valence-corrected chi connectivity index (χ3v) is 6.04. The molecule has 2 N–H and O–H groups in total. The van der Waals surface area contributed by atoms with E-state index in [-0.39, 0.29) is 22.9 Å². The van der Waals surface area contributed by atoms with Crippen molar-refractivity contribution < 1.29 is 8.78 Å². The van der Waals surface area contributed by atoms with Gasteiger partial charge < -0.3 is 10.6 Å². The summed E-state index contributed by atoms with van der Waals surface area (Å²) in [6.07, 6.45) is 3.20. The molecule has 1 atom stereocenters. The molecule has 0 spiro atoms.